The first kappa shape index (κ1) is 12.9. The molecule has 0 aromatic carbocycles. The minimum atomic E-state index is -0.0238. The molecule has 0 unspecified atom stereocenters. The van der Waals surface area contributed by atoms with Gasteiger partial charge in [0, 0.05) is 19.7 Å². The molecule has 1 heterocycles. The average molecular weight is 224 g/mol. The van der Waals surface area contributed by atoms with Crippen LogP contribution in [0.3, 0.4) is 0 Å². The van der Waals surface area contributed by atoms with E-state index in [9.17, 15) is 0 Å². The maximum absolute atomic E-state index is 9.05. The smallest absolute Gasteiger partial charge is 0.129 e. The van der Waals surface area contributed by atoms with Crippen molar-refractivity contribution >= 4 is 5.82 Å². The van der Waals surface area contributed by atoms with E-state index in [2.05, 4.69) is 23.7 Å². The Morgan fingerprint density at radius 1 is 1.44 bits per heavy atom. The SMILES string of the molecule is COCCN(c1cccc(CO)n1)C(C)C. The highest BCUT2D eigenvalue weighted by Gasteiger charge is 2.11. The van der Waals surface area contributed by atoms with Crippen LogP contribution in [0.15, 0.2) is 18.2 Å². The maximum atomic E-state index is 9.05. The number of anilines is 1. The molecule has 0 amide bonds. The van der Waals surface area contributed by atoms with E-state index in [4.69, 9.17) is 9.84 Å². The van der Waals surface area contributed by atoms with E-state index in [1.807, 2.05) is 18.2 Å². The number of aromatic nitrogens is 1. The molecule has 0 bridgehead atoms. The van der Waals surface area contributed by atoms with E-state index in [0.717, 1.165) is 12.4 Å². The van der Waals surface area contributed by atoms with Crippen molar-refractivity contribution in [2.45, 2.75) is 26.5 Å². The number of aliphatic hydroxyl groups excluding tert-OH is 1. The molecule has 0 aliphatic rings. The lowest BCUT2D eigenvalue weighted by Gasteiger charge is -2.27. The van der Waals surface area contributed by atoms with E-state index in [-0.39, 0.29) is 6.61 Å². The Morgan fingerprint density at radius 3 is 2.75 bits per heavy atom. The maximum Gasteiger partial charge on any atom is 0.129 e. The van der Waals surface area contributed by atoms with Gasteiger partial charge in [-0.2, -0.15) is 0 Å². The second-order valence-electron chi connectivity index (χ2n) is 3.93. The molecule has 0 atom stereocenters. The van der Waals surface area contributed by atoms with Gasteiger partial charge in [-0.3, -0.25) is 0 Å². The molecule has 0 aliphatic carbocycles. The summed E-state index contributed by atoms with van der Waals surface area (Å²) >= 11 is 0. The number of hydrogen-bond acceptors (Lipinski definition) is 4. The number of pyridine rings is 1. The predicted octanol–water partition coefficient (Wildman–Crippen LogP) is 1.44. The third-order valence-corrected chi connectivity index (χ3v) is 2.41. The summed E-state index contributed by atoms with van der Waals surface area (Å²) in [6.45, 7) is 5.68. The summed E-state index contributed by atoms with van der Waals surface area (Å²) in [4.78, 5) is 6.54. The normalized spacial score (nSPS) is 10.8. The molecular formula is C12H20N2O2. The zero-order valence-corrected chi connectivity index (χ0v) is 10.2. The van der Waals surface area contributed by atoms with Crippen LogP contribution in [0.2, 0.25) is 0 Å². The van der Waals surface area contributed by atoms with Crippen molar-refractivity contribution in [1.29, 1.82) is 0 Å². The summed E-state index contributed by atoms with van der Waals surface area (Å²) in [7, 11) is 1.69. The number of aliphatic hydroxyl groups is 1. The van der Waals surface area contributed by atoms with Crippen molar-refractivity contribution in [3.05, 3.63) is 23.9 Å². The molecule has 4 heteroatoms. The molecule has 1 aromatic rings. The Balaban J connectivity index is 2.82. The minimum Gasteiger partial charge on any atom is -0.390 e. The van der Waals surface area contributed by atoms with Gasteiger partial charge in [0.05, 0.1) is 18.9 Å². The number of ether oxygens (including phenoxy) is 1. The van der Waals surface area contributed by atoms with Crippen LogP contribution in [0.1, 0.15) is 19.5 Å². The number of methoxy groups -OCH3 is 1. The van der Waals surface area contributed by atoms with Gasteiger partial charge in [0.1, 0.15) is 5.82 Å². The Kier molecular flexibility index (Phi) is 5.22. The van der Waals surface area contributed by atoms with Gasteiger partial charge in [-0.1, -0.05) is 6.07 Å². The first-order valence-corrected chi connectivity index (χ1v) is 5.51. The van der Waals surface area contributed by atoms with Gasteiger partial charge in [-0.05, 0) is 26.0 Å². The number of hydrogen-bond donors (Lipinski definition) is 1. The van der Waals surface area contributed by atoms with Crippen molar-refractivity contribution in [1.82, 2.24) is 4.98 Å². The minimum absolute atomic E-state index is 0.0238. The van der Waals surface area contributed by atoms with Crippen LogP contribution >= 0.6 is 0 Å². The van der Waals surface area contributed by atoms with E-state index in [0.29, 0.717) is 18.3 Å². The molecule has 4 nitrogen and oxygen atoms in total. The first-order chi connectivity index (χ1) is 7.69. The zero-order valence-electron chi connectivity index (χ0n) is 10.2. The fraction of sp³-hybridized carbons (Fsp3) is 0.583. The van der Waals surface area contributed by atoms with Crippen LogP contribution in [0, 0.1) is 0 Å². The molecule has 1 N–H and O–H groups in total. The molecule has 1 rings (SSSR count). The summed E-state index contributed by atoms with van der Waals surface area (Å²) in [5.41, 5.74) is 0.695. The van der Waals surface area contributed by atoms with E-state index in [1.54, 1.807) is 7.11 Å². The molecule has 0 spiro atoms. The van der Waals surface area contributed by atoms with E-state index in [1.165, 1.54) is 0 Å². The van der Waals surface area contributed by atoms with E-state index < -0.39 is 0 Å². The quantitative estimate of drug-likeness (QED) is 0.794. The summed E-state index contributed by atoms with van der Waals surface area (Å²) in [6, 6.07) is 6.04. The lowest BCUT2D eigenvalue weighted by atomic mass is 10.3. The standard InChI is InChI=1S/C12H20N2O2/c1-10(2)14(7-8-16-3)12-6-4-5-11(9-15)13-12/h4-6,10,15H,7-9H2,1-3H3. The third-order valence-electron chi connectivity index (χ3n) is 2.41. The predicted molar refractivity (Wildman–Crippen MR) is 64.5 cm³/mol. The zero-order chi connectivity index (χ0) is 12.0. The van der Waals surface area contributed by atoms with Crippen LogP contribution in [0.5, 0.6) is 0 Å². The topological polar surface area (TPSA) is 45.6 Å². The summed E-state index contributed by atoms with van der Waals surface area (Å²) in [6.07, 6.45) is 0. The molecule has 0 radical (unpaired) electrons. The van der Waals surface area contributed by atoms with Gasteiger partial charge in [0.2, 0.25) is 0 Å². The van der Waals surface area contributed by atoms with Gasteiger partial charge in [0.25, 0.3) is 0 Å². The van der Waals surface area contributed by atoms with Crippen LogP contribution in [-0.4, -0.2) is 36.4 Å². The highest BCUT2D eigenvalue weighted by Crippen LogP contribution is 2.14. The Hall–Kier alpha value is -1.13. The molecule has 0 saturated carbocycles. The second-order valence-corrected chi connectivity index (χ2v) is 3.93. The Bertz CT molecular complexity index is 316. The van der Waals surface area contributed by atoms with Gasteiger partial charge in [-0.25, -0.2) is 4.98 Å². The van der Waals surface area contributed by atoms with Crippen LogP contribution in [-0.2, 0) is 11.3 Å². The van der Waals surface area contributed by atoms with Gasteiger partial charge < -0.3 is 14.7 Å². The van der Waals surface area contributed by atoms with Crippen molar-refractivity contribution in [3.63, 3.8) is 0 Å². The molecule has 0 fully saturated rings. The second kappa shape index (κ2) is 6.45. The molecule has 0 aliphatic heterocycles. The van der Waals surface area contributed by atoms with Crippen molar-refractivity contribution in [2.24, 2.45) is 0 Å². The highest BCUT2D eigenvalue weighted by molar-refractivity contribution is 5.40. The molecule has 90 valence electrons. The van der Waals surface area contributed by atoms with E-state index >= 15 is 0 Å². The van der Waals surface area contributed by atoms with Gasteiger partial charge in [-0.15, -0.1) is 0 Å². The first-order valence-electron chi connectivity index (χ1n) is 5.51. The summed E-state index contributed by atoms with van der Waals surface area (Å²) in [5, 5.41) is 9.05. The molecule has 0 saturated heterocycles. The number of rotatable bonds is 6. The van der Waals surface area contributed by atoms with Crippen LogP contribution in [0.4, 0.5) is 5.82 Å². The monoisotopic (exact) mass is 224 g/mol. The number of nitrogens with zero attached hydrogens (tertiary/aromatic N) is 2. The van der Waals surface area contributed by atoms with Gasteiger partial charge in [0.15, 0.2) is 0 Å². The van der Waals surface area contributed by atoms with Gasteiger partial charge >= 0.3 is 0 Å². The summed E-state index contributed by atoms with van der Waals surface area (Å²) in [5.74, 6) is 0.888. The fourth-order valence-corrected chi connectivity index (χ4v) is 1.54. The largest absolute Gasteiger partial charge is 0.390 e. The molecule has 16 heavy (non-hydrogen) atoms. The Morgan fingerprint density at radius 2 is 2.19 bits per heavy atom. The van der Waals surface area contributed by atoms with Crippen LogP contribution in [0.25, 0.3) is 0 Å². The summed E-state index contributed by atoms with van der Waals surface area (Å²) < 4.78 is 5.08. The van der Waals surface area contributed by atoms with Crippen molar-refractivity contribution in [2.75, 3.05) is 25.2 Å². The molecule has 1 aromatic heterocycles. The Labute approximate surface area is 96.9 Å². The van der Waals surface area contributed by atoms with Crippen molar-refractivity contribution in [3.8, 4) is 0 Å². The fourth-order valence-electron chi connectivity index (χ4n) is 1.54. The van der Waals surface area contributed by atoms with Crippen LogP contribution < -0.4 is 4.90 Å². The third kappa shape index (κ3) is 3.47. The van der Waals surface area contributed by atoms with Crippen molar-refractivity contribution < 1.29 is 9.84 Å². The lowest BCUT2D eigenvalue weighted by molar-refractivity contribution is 0.203. The lowest BCUT2D eigenvalue weighted by Crippen LogP contribution is -2.34. The highest BCUT2D eigenvalue weighted by atomic mass is 16.5. The molecular weight excluding hydrogens is 204 g/mol. The average Bonchev–Trinajstić information content (AvgIpc) is 2.29.